The summed E-state index contributed by atoms with van der Waals surface area (Å²) in [6.45, 7) is 2.03. The smallest absolute Gasteiger partial charge is 0.254 e. The van der Waals surface area contributed by atoms with Crippen molar-refractivity contribution in [3.05, 3.63) is 71.9 Å². The van der Waals surface area contributed by atoms with E-state index in [0.717, 1.165) is 5.56 Å². The number of halogens is 1. The molecule has 3 N–H and O–H groups in total. The van der Waals surface area contributed by atoms with Crippen molar-refractivity contribution in [2.75, 3.05) is 25.5 Å². The number of amides is 1. The van der Waals surface area contributed by atoms with E-state index in [1.165, 1.54) is 18.1 Å². The minimum Gasteiger partial charge on any atom is -0.494 e. The van der Waals surface area contributed by atoms with Crippen molar-refractivity contribution < 1.29 is 24.1 Å². The van der Waals surface area contributed by atoms with E-state index in [-0.39, 0.29) is 24.7 Å². The van der Waals surface area contributed by atoms with Crippen molar-refractivity contribution in [2.45, 2.75) is 19.1 Å². The quantitative estimate of drug-likeness (QED) is 0.405. The Morgan fingerprint density at radius 1 is 1.14 bits per heavy atom. The highest BCUT2D eigenvalue weighted by atomic mass is 19.1. The number of aryl methyl sites for hydroxylation is 1. The number of β-amino-alcohol motifs (C(OH)–C–C–N with tert-alkyl or cyclic N) is 2. The largest absolute Gasteiger partial charge is 0.494 e. The molecule has 1 aliphatic rings. The van der Waals surface area contributed by atoms with Crippen LogP contribution < -0.4 is 10.1 Å². The van der Waals surface area contributed by atoms with Crippen LogP contribution in [0.4, 0.5) is 15.9 Å². The van der Waals surface area contributed by atoms with Crippen LogP contribution in [-0.2, 0) is 0 Å². The van der Waals surface area contributed by atoms with Gasteiger partial charge in [0, 0.05) is 42.3 Å². The maximum absolute atomic E-state index is 14.2. The monoisotopic (exact) mass is 477 g/mol. The number of carbonyl (C=O) groups is 1. The fourth-order valence-electron chi connectivity index (χ4n) is 4.27. The summed E-state index contributed by atoms with van der Waals surface area (Å²) in [5, 5.41) is 22.7. The van der Waals surface area contributed by atoms with Crippen LogP contribution in [-0.4, -0.2) is 67.8 Å². The number of hydrogen-bond donors (Lipinski definition) is 3. The van der Waals surface area contributed by atoms with Crippen molar-refractivity contribution in [1.82, 2.24) is 19.3 Å². The molecule has 180 valence electrons. The SMILES string of the molecule is COc1ccc(-c2cnc3c(Nc4ccc(C(=O)N5C[C@@H](O)[C@H](O)C5)c(C)c4)nccn23)cc1F. The Balaban J connectivity index is 1.41. The fraction of sp³-hybridized carbons (Fsp3) is 0.240. The molecular weight excluding hydrogens is 453 g/mol. The number of ether oxygens (including phenoxy) is 1. The van der Waals surface area contributed by atoms with Gasteiger partial charge in [-0.15, -0.1) is 0 Å². The number of benzene rings is 2. The number of likely N-dealkylation sites (tertiary alicyclic amines) is 1. The molecule has 0 aliphatic carbocycles. The number of nitrogens with one attached hydrogen (secondary N) is 1. The molecule has 2 aromatic carbocycles. The molecule has 35 heavy (non-hydrogen) atoms. The lowest BCUT2D eigenvalue weighted by Gasteiger charge is -2.17. The van der Waals surface area contributed by atoms with Crippen LogP contribution in [0.3, 0.4) is 0 Å². The zero-order chi connectivity index (χ0) is 24.7. The van der Waals surface area contributed by atoms with E-state index in [4.69, 9.17) is 4.74 Å². The summed E-state index contributed by atoms with van der Waals surface area (Å²) in [6.07, 6.45) is 3.16. The molecule has 2 atom stereocenters. The van der Waals surface area contributed by atoms with Crippen molar-refractivity contribution >= 4 is 23.1 Å². The lowest BCUT2D eigenvalue weighted by molar-refractivity contribution is 0.0572. The second-order valence-electron chi connectivity index (χ2n) is 8.46. The molecule has 3 heterocycles. The minimum atomic E-state index is -0.930. The first kappa shape index (κ1) is 22.8. The first-order valence-electron chi connectivity index (χ1n) is 11.0. The normalized spacial score (nSPS) is 17.7. The molecule has 10 heteroatoms. The van der Waals surface area contributed by atoms with Gasteiger partial charge in [0.1, 0.15) is 0 Å². The second kappa shape index (κ2) is 8.97. The summed E-state index contributed by atoms with van der Waals surface area (Å²) < 4.78 is 21.1. The van der Waals surface area contributed by atoms with Gasteiger partial charge in [-0.1, -0.05) is 0 Å². The average Bonchev–Trinajstić information content (AvgIpc) is 3.42. The number of rotatable bonds is 5. The number of imidazole rings is 1. The first-order valence-corrected chi connectivity index (χ1v) is 11.0. The lowest BCUT2D eigenvalue weighted by atomic mass is 10.1. The van der Waals surface area contributed by atoms with E-state index >= 15 is 0 Å². The Morgan fingerprint density at radius 3 is 2.60 bits per heavy atom. The Kier molecular flexibility index (Phi) is 5.83. The number of aliphatic hydroxyl groups is 2. The zero-order valence-electron chi connectivity index (χ0n) is 19.1. The summed E-state index contributed by atoms with van der Waals surface area (Å²) in [7, 11) is 1.42. The highest BCUT2D eigenvalue weighted by Gasteiger charge is 2.33. The molecule has 0 saturated carbocycles. The Bertz CT molecular complexity index is 1410. The van der Waals surface area contributed by atoms with Crippen molar-refractivity contribution in [3.63, 3.8) is 0 Å². The van der Waals surface area contributed by atoms with E-state index in [1.807, 2.05) is 17.4 Å². The van der Waals surface area contributed by atoms with Crippen LogP contribution in [0.2, 0.25) is 0 Å². The Morgan fingerprint density at radius 2 is 1.91 bits per heavy atom. The third-order valence-electron chi connectivity index (χ3n) is 6.14. The average molecular weight is 477 g/mol. The molecular formula is C25H24FN5O4. The minimum absolute atomic E-state index is 0.103. The van der Waals surface area contributed by atoms with Crippen LogP contribution in [0.15, 0.2) is 55.0 Å². The van der Waals surface area contributed by atoms with Gasteiger partial charge in [0.2, 0.25) is 0 Å². The highest BCUT2D eigenvalue weighted by molar-refractivity contribution is 5.96. The number of hydrogen-bond acceptors (Lipinski definition) is 7. The van der Waals surface area contributed by atoms with Crippen LogP contribution >= 0.6 is 0 Å². The number of carbonyl (C=O) groups excluding carboxylic acids is 1. The van der Waals surface area contributed by atoms with Crippen molar-refractivity contribution in [3.8, 4) is 17.0 Å². The van der Waals surface area contributed by atoms with Crippen LogP contribution in [0.5, 0.6) is 5.75 Å². The molecule has 0 radical (unpaired) electrons. The van der Waals surface area contributed by atoms with Gasteiger partial charge in [-0.25, -0.2) is 14.4 Å². The zero-order valence-corrected chi connectivity index (χ0v) is 19.1. The predicted octanol–water partition coefficient (Wildman–Crippen LogP) is 2.77. The Hall–Kier alpha value is -4.02. The number of aliphatic hydroxyl groups excluding tert-OH is 2. The molecule has 0 spiro atoms. The van der Waals surface area contributed by atoms with E-state index in [9.17, 15) is 19.4 Å². The van der Waals surface area contributed by atoms with Gasteiger partial charge in [0.25, 0.3) is 5.91 Å². The topological polar surface area (TPSA) is 112 Å². The van der Waals surface area contributed by atoms with Crippen LogP contribution in [0, 0.1) is 12.7 Å². The molecule has 4 aromatic rings. The van der Waals surface area contributed by atoms with Gasteiger partial charge in [0.05, 0.1) is 31.2 Å². The van der Waals surface area contributed by atoms with Crippen LogP contribution in [0.1, 0.15) is 15.9 Å². The lowest BCUT2D eigenvalue weighted by Crippen LogP contribution is -2.30. The van der Waals surface area contributed by atoms with Gasteiger partial charge >= 0.3 is 0 Å². The summed E-state index contributed by atoms with van der Waals surface area (Å²) >= 11 is 0. The molecule has 0 bridgehead atoms. The third kappa shape index (κ3) is 4.17. The van der Waals surface area contributed by atoms with Gasteiger partial charge < -0.3 is 25.2 Å². The number of fused-ring (bicyclic) bond motifs is 1. The van der Waals surface area contributed by atoms with E-state index in [2.05, 4.69) is 15.3 Å². The van der Waals surface area contributed by atoms with Gasteiger partial charge in [-0.3, -0.25) is 9.20 Å². The second-order valence-corrected chi connectivity index (χ2v) is 8.46. The molecule has 0 unspecified atom stereocenters. The molecule has 1 aliphatic heterocycles. The number of aromatic nitrogens is 3. The van der Waals surface area contributed by atoms with Gasteiger partial charge in [-0.2, -0.15) is 0 Å². The molecule has 1 saturated heterocycles. The van der Waals surface area contributed by atoms with E-state index < -0.39 is 18.0 Å². The molecule has 1 fully saturated rings. The standard InChI is InChI=1S/C25H24FN5O4/c1-14-9-16(4-5-17(14)25(34)30-12-20(32)21(33)13-30)29-23-24-28-11-19(31(24)8-7-27-23)15-3-6-22(35-2)18(26)10-15/h3-11,20-21,32-33H,12-13H2,1-2H3,(H,27,29)/t20-,21-/m1/s1. The third-order valence-corrected chi connectivity index (χ3v) is 6.14. The summed E-state index contributed by atoms with van der Waals surface area (Å²) in [6, 6.07) is 10.0. The summed E-state index contributed by atoms with van der Waals surface area (Å²) in [5.41, 5.74) is 3.83. The highest BCUT2D eigenvalue weighted by Crippen LogP contribution is 2.29. The van der Waals surface area contributed by atoms with Crippen molar-refractivity contribution in [1.29, 1.82) is 0 Å². The molecule has 5 rings (SSSR count). The predicted molar refractivity (Wildman–Crippen MR) is 127 cm³/mol. The molecule has 9 nitrogen and oxygen atoms in total. The molecule has 2 aromatic heterocycles. The number of nitrogens with zero attached hydrogens (tertiary/aromatic N) is 4. The fourth-order valence-corrected chi connectivity index (χ4v) is 4.27. The number of anilines is 2. The van der Waals surface area contributed by atoms with Crippen molar-refractivity contribution in [2.24, 2.45) is 0 Å². The van der Waals surface area contributed by atoms with Crippen LogP contribution in [0.25, 0.3) is 16.9 Å². The van der Waals surface area contributed by atoms with E-state index in [1.54, 1.807) is 42.9 Å². The van der Waals surface area contributed by atoms with Gasteiger partial charge in [0.15, 0.2) is 23.0 Å². The number of methoxy groups -OCH3 is 1. The van der Waals surface area contributed by atoms with E-state index in [0.29, 0.717) is 34.0 Å². The first-order chi connectivity index (χ1) is 16.9. The summed E-state index contributed by atoms with van der Waals surface area (Å²) in [5.74, 6) is -0.0390. The maximum Gasteiger partial charge on any atom is 0.254 e. The molecule has 1 amide bonds. The maximum atomic E-state index is 14.2. The summed E-state index contributed by atoms with van der Waals surface area (Å²) in [4.78, 5) is 23.1. The Labute approximate surface area is 200 Å². The van der Waals surface area contributed by atoms with Gasteiger partial charge in [-0.05, 0) is 48.9 Å².